The molecule has 0 radical (unpaired) electrons. The normalized spacial score (nSPS) is 11.1. The molecule has 0 saturated heterocycles. The highest BCUT2D eigenvalue weighted by atomic mass is 32.1. The summed E-state index contributed by atoms with van der Waals surface area (Å²) in [7, 11) is 1.71. The van der Waals surface area contributed by atoms with Crippen molar-refractivity contribution in [3.05, 3.63) is 51.6 Å². The molecule has 0 atom stereocenters. The Labute approximate surface area is 137 Å². The molecule has 2 aromatic heterocycles. The molecule has 0 aliphatic heterocycles. The van der Waals surface area contributed by atoms with Gasteiger partial charge >= 0.3 is 0 Å². The highest BCUT2D eigenvalue weighted by Crippen LogP contribution is 2.17. The second-order valence-electron chi connectivity index (χ2n) is 5.48. The molecule has 2 heterocycles. The Morgan fingerprint density at radius 2 is 2.09 bits per heavy atom. The largest absolute Gasteiger partial charge is 0.361 e. The monoisotopic (exact) mass is 331 g/mol. The van der Waals surface area contributed by atoms with E-state index in [1.54, 1.807) is 18.0 Å². The molecule has 0 aliphatic carbocycles. The summed E-state index contributed by atoms with van der Waals surface area (Å²) in [6, 6.07) is 7.37. The molecule has 1 amide bonds. The molecule has 0 unspecified atom stereocenters. The number of carbonyl (C=O) groups is 1. The van der Waals surface area contributed by atoms with Crippen LogP contribution in [0.1, 0.15) is 17.0 Å². The van der Waals surface area contributed by atoms with Crippen molar-refractivity contribution in [1.82, 2.24) is 14.0 Å². The smallest absolute Gasteiger partial charge is 0.268 e. The lowest BCUT2D eigenvalue weighted by Gasteiger charge is -2.16. The number of aromatic nitrogens is 2. The van der Waals surface area contributed by atoms with Gasteiger partial charge < -0.3 is 9.42 Å². The molecule has 3 aromatic rings. The number of likely N-dealkylation sites (N-methyl/N-ethyl adjacent to an activating group) is 1. The van der Waals surface area contributed by atoms with Gasteiger partial charge in [0.2, 0.25) is 5.91 Å². The van der Waals surface area contributed by atoms with Crippen molar-refractivity contribution in [1.29, 1.82) is 0 Å². The molecule has 7 heteroatoms. The van der Waals surface area contributed by atoms with E-state index < -0.39 is 0 Å². The van der Waals surface area contributed by atoms with Crippen LogP contribution in [-0.2, 0) is 17.9 Å². The first kappa shape index (κ1) is 15.5. The number of carbonyl (C=O) groups excluding carboxylic acids is 1. The number of nitrogens with zero attached hydrogens (tertiary/aromatic N) is 3. The van der Waals surface area contributed by atoms with E-state index in [0.717, 1.165) is 16.0 Å². The molecule has 0 aliphatic rings. The van der Waals surface area contributed by atoms with E-state index >= 15 is 0 Å². The first-order valence-electron chi connectivity index (χ1n) is 7.22. The maximum absolute atomic E-state index is 12.4. The van der Waals surface area contributed by atoms with E-state index in [0.29, 0.717) is 17.7 Å². The summed E-state index contributed by atoms with van der Waals surface area (Å²) in [5.41, 5.74) is 1.57. The maximum atomic E-state index is 12.4. The quantitative estimate of drug-likeness (QED) is 0.736. The lowest BCUT2D eigenvalue weighted by atomic mass is 10.2. The van der Waals surface area contributed by atoms with Crippen LogP contribution in [0.15, 0.2) is 33.6 Å². The summed E-state index contributed by atoms with van der Waals surface area (Å²) in [6.45, 7) is 4.13. The van der Waals surface area contributed by atoms with Gasteiger partial charge in [0.25, 0.3) is 5.56 Å². The van der Waals surface area contributed by atoms with Crippen molar-refractivity contribution in [3.63, 3.8) is 0 Å². The fourth-order valence-electron chi connectivity index (χ4n) is 2.42. The lowest BCUT2D eigenvalue weighted by Crippen LogP contribution is -2.32. The van der Waals surface area contributed by atoms with Crippen LogP contribution in [0.2, 0.25) is 0 Å². The van der Waals surface area contributed by atoms with Gasteiger partial charge in [0, 0.05) is 12.6 Å². The van der Waals surface area contributed by atoms with Gasteiger partial charge in [0.15, 0.2) is 0 Å². The van der Waals surface area contributed by atoms with Crippen LogP contribution in [0, 0.1) is 13.8 Å². The number of fused-ring (bicyclic) bond motifs is 1. The van der Waals surface area contributed by atoms with Crippen LogP contribution in [0.25, 0.3) is 10.1 Å². The third kappa shape index (κ3) is 2.92. The Morgan fingerprint density at radius 3 is 2.74 bits per heavy atom. The second kappa shape index (κ2) is 6.00. The molecule has 0 fully saturated rings. The third-order valence-electron chi connectivity index (χ3n) is 3.83. The third-order valence-corrected chi connectivity index (χ3v) is 4.90. The summed E-state index contributed by atoms with van der Waals surface area (Å²) in [5, 5.41) is 4.54. The minimum Gasteiger partial charge on any atom is -0.361 e. The van der Waals surface area contributed by atoms with Crippen molar-refractivity contribution >= 4 is 27.5 Å². The van der Waals surface area contributed by atoms with Crippen molar-refractivity contribution in [3.8, 4) is 0 Å². The maximum Gasteiger partial charge on any atom is 0.268 e. The second-order valence-corrected chi connectivity index (χ2v) is 6.54. The van der Waals surface area contributed by atoms with E-state index in [9.17, 15) is 9.59 Å². The van der Waals surface area contributed by atoms with Crippen LogP contribution in [0.5, 0.6) is 0 Å². The van der Waals surface area contributed by atoms with Crippen molar-refractivity contribution < 1.29 is 9.32 Å². The molecular weight excluding hydrogens is 314 g/mol. The van der Waals surface area contributed by atoms with Crippen molar-refractivity contribution in [2.24, 2.45) is 0 Å². The Kier molecular flexibility index (Phi) is 4.04. The molecule has 6 nitrogen and oxygen atoms in total. The molecule has 120 valence electrons. The number of aryl methyl sites for hydroxylation is 2. The number of benzene rings is 1. The SMILES string of the molecule is Cc1noc(C)c1CN(C)C(=O)Cn1sc2ccccc2c1=O. The standard InChI is InChI=1S/C16H17N3O3S/c1-10-13(11(2)22-17-10)8-18(3)15(20)9-19-16(21)12-6-4-5-7-14(12)23-19/h4-7H,8-9H2,1-3H3. The predicted octanol–water partition coefficient (Wildman–Crippen LogP) is 2.33. The fourth-order valence-corrected chi connectivity index (χ4v) is 3.40. The topological polar surface area (TPSA) is 68.3 Å². The van der Waals surface area contributed by atoms with Crippen LogP contribution >= 0.6 is 11.5 Å². The summed E-state index contributed by atoms with van der Waals surface area (Å²) in [6.07, 6.45) is 0. The molecule has 0 saturated carbocycles. The van der Waals surface area contributed by atoms with Crippen LogP contribution in [-0.4, -0.2) is 27.0 Å². The highest BCUT2D eigenvalue weighted by Gasteiger charge is 2.17. The minimum atomic E-state index is -0.126. The highest BCUT2D eigenvalue weighted by molar-refractivity contribution is 7.13. The van der Waals surface area contributed by atoms with E-state index in [2.05, 4.69) is 5.16 Å². The van der Waals surface area contributed by atoms with Gasteiger partial charge in [-0.05, 0) is 26.0 Å². The van der Waals surface area contributed by atoms with Gasteiger partial charge in [-0.1, -0.05) is 28.8 Å². The number of amides is 1. The van der Waals surface area contributed by atoms with Crippen molar-refractivity contribution in [2.45, 2.75) is 26.9 Å². The summed E-state index contributed by atoms with van der Waals surface area (Å²) >= 11 is 1.31. The molecule has 0 bridgehead atoms. The molecule has 1 aromatic carbocycles. The Balaban J connectivity index is 1.78. The van der Waals surface area contributed by atoms with E-state index in [-0.39, 0.29) is 18.0 Å². The first-order chi connectivity index (χ1) is 11.0. The van der Waals surface area contributed by atoms with E-state index in [4.69, 9.17) is 4.52 Å². The fraction of sp³-hybridized carbons (Fsp3) is 0.312. The zero-order chi connectivity index (χ0) is 16.6. The Bertz CT molecular complexity index is 903. The Hall–Kier alpha value is -2.41. The van der Waals surface area contributed by atoms with E-state index in [1.807, 2.05) is 32.0 Å². The zero-order valence-electron chi connectivity index (χ0n) is 13.2. The summed E-state index contributed by atoms with van der Waals surface area (Å²) in [5.74, 6) is 0.583. The van der Waals surface area contributed by atoms with Gasteiger partial charge in [0.1, 0.15) is 12.3 Å². The minimum absolute atomic E-state index is 0.0397. The molecule has 0 spiro atoms. The van der Waals surface area contributed by atoms with Crippen LogP contribution < -0.4 is 5.56 Å². The van der Waals surface area contributed by atoms with Gasteiger partial charge in [-0.15, -0.1) is 0 Å². The predicted molar refractivity (Wildman–Crippen MR) is 88.5 cm³/mol. The molecule has 23 heavy (non-hydrogen) atoms. The average Bonchev–Trinajstić information content (AvgIpc) is 3.02. The number of rotatable bonds is 4. The van der Waals surface area contributed by atoms with Crippen molar-refractivity contribution in [2.75, 3.05) is 7.05 Å². The molecule has 0 N–H and O–H groups in total. The molecular formula is C16H17N3O3S. The average molecular weight is 331 g/mol. The van der Waals surface area contributed by atoms with Gasteiger partial charge in [-0.2, -0.15) is 0 Å². The van der Waals surface area contributed by atoms with Gasteiger partial charge in [0.05, 0.1) is 22.3 Å². The number of hydrogen-bond acceptors (Lipinski definition) is 5. The van der Waals surface area contributed by atoms with E-state index in [1.165, 1.54) is 15.5 Å². The van der Waals surface area contributed by atoms with Gasteiger partial charge in [-0.25, -0.2) is 0 Å². The first-order valence-corrected chi connectivity index (χ1v) is 7.99. The van der Waals surface area contributed by atoms with Crippen LogP contribution in [0.4, 0.5) is 0 Å². The molecule has 3 rings (SSSR count). The number of hydrogen-bond donors (Lipinski definition) is 0. The van der Waals surface area contributed by atoms with Gasteiger partial charge in [-0.3, -0.25) is 13.5 Å². The lowest BCUT2D eigenvalue weighted by molar-refractivity contribution is -0.130. The summed E-state index contributed by atoms with van der Waals surface area (Å²) in [4.78, 5) is 26.3. The summed E-state index contributed by atoms with van der Waals surface area (Å²) < 4.78 is 7.50. The Morgan fingerprint density at radius 1 is 1.35 bits per heavy atom. The zero-order valence-corrected chi connectivity index (χ0v) is 14.0. The van der Waals surface area contributed by atoms with Crippen LogP contribution in [0.3, 0.4) is 0 Å².